The van der Waals surface area contributed by atoms with Gasteiger partial charge >= 0.3 is 0 Å². The molecule has 2 heterocycles. The first kappa shape index (κ1) is 12.7. The molecule has 0 spiro atoms. The van der Waals surface area contributed by atoms with E-state index in [4.69, 9.17) is 4.42 Å². The molecular weight excluding hydrogens is 248 g/mol. The number of fused-ring (bicyclic) bond motifs is 1. The van der Waals surface area contributed by atoms with Crippen molar-refractivity contribution in [3.63, 3.8) is 0 Å². The lowest BCUT2D eigenvalue weighted by atomic mass is 10.1. The van der Waals surface area contributed by atoms with Crippen LogP contribution >= 0.6 is 0 Å². The number of pyridine rings is 1. The normalized spacial score (nSPS) is 12.5. The first-order chi connectivity index (χ1) is 9.79. The van der Waals surface area contributed by atoms with Crippen LogP contribution in [-0.4, -0.2) is 4.98 Å². The minimum absolute atomic E-state index is 0.177. The number of furan rings is 1. The SMILES string of the molecule is CCC(Nc1ccc(C)c2ncccc12)c1ccco1. The highest BCUT2D eigenvalue weighted by molar-refractivity contribution is 5.93. The van der Waals surface area contributed by atoms with Crippen molar-refractivity contribution in [2.75, 3.05) is 5.32 Å². The maximum Gasteiger partial charge on any atom is 0.125 e. The van der Waals surface area contributed by atoms with E-state index in [0.717, 1.165) is 28.8 Å². The average Bonchev–Trinajstić information content (AvgIpc) is 3.01. The van der Waals surface area contributed by atoms with Crippen LogP contribution < -0.4 is 5.32 Å². The third kappa shape index (κ3) is 2.27. The molecule has 0 saturated carbocycles. The van der Waals surface area contributed by atoms with Crippen LogP contribution in [0.25, 0.3) is 10.9 Å². The van der Waals surface area contributed by atoms with Crippen LogP contribution in [0.4, 0.5) is 5.69 Å². The third-order valence-corrected chi connectivity index (χ3v) is 3.60. The van der Waals surface area contributed by atoms with Crippen LogP contribution in [0.5, 0.6) is 0 Å². The molecule has 0 aliphatic rings. The van der Waals surface area contributed by atoms with Crippen molar-refractivity contribution in [3.8, 4) is 0 Å². The summed E-state index contributed by atoms with van der Waals surface area (Å²) in [6.07, 6.45) is 4.51. The van der Waals surface area contributed by atoms with Crippen LogP contribution in [0, 0.1) is 6.92 Å². The molecular formula is C17H18N2O. The fourth-order valence-electron chi connectivity index (χ4n) is 2.49. The van der Waals surface area contributed by atoms with E-state index in [1.54, 1.807) is 6.26 Å². The van der Waals surface area contributed by atoms with Gasteiger partial charge in [-0.2, -0.15) is 0 Å². The number of nitrogens with zero attached hydrogens (tertiary/aromatic N) is 1. The van der Waals surface area contributed by atoms with E-state index in [0.29, 0.717) is 0 Å². The monoisotopic (exact) mass is 266 g/mol. The van der Waals surface area contributed by atoms with Crippen molar-refractivity contribution in [2.24, 2.45) is 0 Å². The number of hydrogen-bond acceptors (Lipinski definition) is 3. The largest absolute Gasteiger partial charge is 0.467 e. The summed E-state index contributed by atoms with van der Waals surface area (Å²) in [6.45, 7) is 4.23. The molecule has 3 rings (SSSR count). The fraction of sp³-hybridized carbons (Fsp3) is 0.235. The highest BCUT2D eigenvalue weighted by Gasteiger charge is 2.13. The summed E-state index contributed by atoms with van der Waals surface area (Å²) in [5, 5.41) is 4.72. The van der Waals surface area contributed by atoms with E-state index < -0.39 is 0 Å². The van der Waals surface area contributed by atoms with Crippen molar-refractivity contribution < 1.29 is 4.42 Å². The summed E-state index contributed by atoms with van der Waals surface area (Å²) in [7, 11) is 0. The van der Waals surface area contributed by atoms with Crippen molar-refractivity contribution in [3.05, 3.63) is 60.2 Å². The van der Waals surface area contributed by atoms with Gasteiger partial charge in [-0.1, -0.05) is 13.0 Å². The molecule has 0 aliphatic carbocycles. The Kier molecular flexibility index (Phi) is 3.42. The fourth-order valence-corrected chi connectivity index (χ4v) is 2.49. The lowest BCUT2D eigenvalue weighted by Crippen LogP contribution is -2.09. The Bertz CT molecular complexity index is 704. The number of aromatic nitrogens is 1. The molecule has 3 heteroatoms. The predicted molar refractivity (Wildman–Crippen MR) is 81.8 cm³/mol. The number of hydrogen-bond donors (Lipinski definition) is 1. The Morgan fingerprint density at radius 1 is 1.20 bits per heavy atom. The second-order valence-corrected chi connectivity index (χ2v) is 4.95. The number of rotatable bonds is 4. The van der Waals surface area contributed by atoms with Crippen LogP contribution in [-0.2, 0) is 0 Å². The lowest BCUT2D eigenvalue weighted by Gasteiger charge is -2.18. The van der Waals surface area contributed by atoms with Gasteiger partial charge in [-0.25, -0.2) is 0 Å². The molecule has 0 radical (unpaired) electrons. The lowest BCUT2D eigenvalue weighted by molar-refractivity contribution is 0.474. The van der Waals surface area contributed by atoms with Gasteiger partial charge in [-0.15, -0.1) is 0 Å². The van der Waals surface area contributed by atoms with Gasteiger partial charge in [-0.3, -0.25) is 4.98 Å². The van der Waals surface area contributed by atoms with E-state index in [2.05, 4.69) is 42.3 Å². The Morgan fingerprint density at radius 3 is 2.85 bits per heavy atom. The summed E-state index contributed by atoms with van der Waals surface area (Å²) >= 11 is 0. The van der Waals surface area contributed by atoms with Gasteiger partial charge in [0.15, 0.2) is 0 Å². The van der Waals surface area contributed by atoms with E-state index in [1.807, 2.05) is 24.4 Å². The summed E-state index contributed by atoms with van der Waals surface area (Å²) in [5.74, 6) is 0.963. The first-order valence-electron chi connectivity index (χ1n) is 6.94. The molecule has 2 aromatic heterocycles. The van der Waals surface area contributed by atoms with Crippen molar-refractivity contribution in [2.45, 2.75) is 26.3 Å². The molecule has 1 atom stereocenters. The second kappa shape index (κ2) is 5.37. The number of anilines is 1. The van der Waals surface area contributed by atoms with Crippen LogP contribution in [0.3, 0.4) is 0 Å². The Balaban J connectivity index is 2.00. The van der Waals surface area contributed by atoms with Gasteiger partial charge in [0.25, 0.3) is 0 Å². The molecule has 102 valence electrons. The van der Waals surface area contributed by atoms with Gasteiger partial charge in [0.05, 0.1) is 17.8 Å². The molecule has 1 aromatic carbocycles. The van der Waals surface area contributed by atoms with E-state index in [1.165, 1.54) is 5.56 Å². The third-order valence-electron chi connectivity index (χ3n) is 3.60. The summed E-state index contributed by atoms with van der Waals surface area (Å²) in [5.41, 5.74) is 3.34. The van der Waals surface area contributed by atoms with E-state index in [9.17, 15) is 0 Å². The first-order valence-corrected chi connectivity index (χ1v) is 6.94. The molecule has 3 aromatic rings. The molecule has 0 amide bonds. The molecule has 0 aliphatic heterocycles. The summed E-state index contributed by atoms with van der Waals surface area (Å²) in [6, 6.07) is 12.4. The highest BCUT2D eigenvalue weighted by Crippen LogP contribution is 2.29. The minimum Gasteiger partial charge on any atom is -0.467 e. The van der Waals surface area contributed by atoms with Crippen LogP contribution in [0.1, 0.15) is 30.7 Å². The molecule has 3 nitrogen and oxygen atoms in total. The van der Waals surface area contributed by atoms with Gasteiger partial charge in [0, 0.05) is 17.3 Å². The number of aryl methyl sites for hydroxylation is 1. The van der Waals surface area contributed by atoms with Crippen molar-refractivity contribution in [1.82, 2.24) is 4.98 Å². The van der Waals surface area contributed by atoms with Gasteiger partial charge in [0.1, 0.15) is 5.76 Å². The topological polar surface area (TPSA) is 38.1 Å². The zero-order chi connectivity index (χ0) is 13.9. The predicted octanol–water partition coefficient (Wildman–Crippen LogP) is 4.70. The minimum atomic E-state index is 0.177. The van der Waals surface area contributed by atoms with Crippen LogP contribution in [0.2, 0.25) is 0 Å². The number of benzene rings is 1. The van der Waals surface area contributed by atoms with Gasteiger partial charge in [0.2, 0.25) is 0 Å². The van der Waals surface area contributed by atoms with E-state index >= 15 is 0 Å². The summed E-state index contributed by atoms with van der Waals surface area (Å²) in [4.78, 5) is 4.47. The summed E-state index contributed by atoms with van der Waals surface area (Å²) < 4.78 is 5.52. The second-order valence-electron chi connectivity index (χ2n) is 4.95. The maximum absolute atomic E-state index is 5.52. The van der Waals surface area contributed by atoms with E-state index in [-0.39, 0.29) is 6.04 Å². The molecule has 0 saturated heterocycles. The van der Waals surface area contributed by atoms with Crippen molar-refractivity contribution >= 4 is 16.6 Å². The zero-order valence-electron chi connectivity index (χ0n) is 11.8. The Labute approximate surface area is 118 Å². The zero-order valence-corrected chi connectivity index (χ0v) is 11.8. The highest BCUT2D eigenvalue weighted by atomic mass is 16.3. The Morgan fingerprint density at radius 2 is 2.10 bits per heavy atom. The number of nitrogens with one attached hydrogen (secondary N) is 1. The van der Waals surface area contributed by atoms with Gasteiger partial charge in [-0.05, 0) is 49.2 Å². The Hall–Kier alpha value is -2.29. The average molecular weight is 266 g/mol. The quantitative estimate of drug-likeness (QED) is 0.743. The van der Waals surface area contributed by atoms with Crippen molar-refractivity contribution in [1.29, 1.82) is 0 Å². The molecule has 1 N–H and O–H groups in total. The smallest absolute Gasteiger partial charge is 0.125 e. The van der Waals surface area contributed by atoms with Gasteiger partial charge < -0.3 is 9.73 Å². The van der Waals surface area contributed by atoms with Crippen LogP contribution in [0.15, 0.2) is 53.3 Å². The molecule has 0 bridgehead atoms. The standard InChI is InChI=1S/C17H18N2O/c1-3-14(16-7-5-11-20-16)19-15-9-8-12(2)17-13(15)6-4-10-18-17/h4-11,14,19H,3H2,1-2H3. The maximum atomic E-state index is 5.52. The molecule has 20 heavy (non-hydrogen) atoms. The molecule has 0 fully saturated rings. The molecule has 1 unspecified atom stereocenters.